The molecule has 0 aliphatic heterocycles. The Hall–Kier alpha value is -2.15. The van der Waals surface area contributed by atoms with E-state index in [1.165, 1.54) is 36.4 Å². The van der Waals surface area contributed by atoms with Gasteiger partial charge in [-0.05, 0) is 43.7 Å². The van der Waals surface area contributed by atoms with Crippen LogP contribution in [0.5, 0.6) is 5.75 Å². The van der Waals surface area contributed by atoms with Crippen molar-refractivity contribution in [1.82, 2.24) is 0 Å². The molecule has 0 unspecified atom stereocenters. The lowest BCUT2D eigenvalue weighted by atomic mass is 10.2. The molecule has 2 aromatic carbocycles. The number of sulfonamides is 1. The number of hydrogen-bond donors (Lipinski definition) is 1. The van der Waals surface area contributed by atoms with Gasteiger partial charge in [-0.3, -0.25) is 4.72 Å². The van der Waals surface area contributed by atoms with E-state index in [-0.39, 0.29) is 23.3 Å². The molecule has 0 aromatic heterocycles. The first-order valence-electron chi connectivity index (χ1n) is 6.96. The Bertz CT molecular complexity index is 774. The number of halogens is 2. The summed E-state index contributed by atoms with van der Waals surface area (Å²) >= 11 is 0. The second-order valence-corrected chi connectivity index (χ2v) is 7.02. The largest absolute Gasteiger partial charge is 0.488 e. The van der Waals surface area contributed by atoms with Crippen molar-refractivity contribution in [3.63, 3.8) is 0 Å². The lowest BCUT2D eigenvalue weighted by Crippen LogP contribution is -2.15. The number of hydrogen-bond acceptors (Lipinski definition) is 3. The van der Waals surface area contributed by atoms with Gasteiger partial charge in [0.1, 0.15) is 5.82 Å². The summed E-state index contributed by atoms with van der Waals surface area (Å²) in [6, 6.07) is 8.97. The van der Waals surface area contributed by atoms with Gasteiger partial charge in [0.15, 0.2) is 11.6 Å². The average Bonchev–Trinajstić information content (AvgIpc) is 2.43. The van der Waals surface area contributed by atoms with Gasteiger partial charge >= 0.3 is 0 Å². The van der Waals surface area contributed by atoms with Crippen LogP contribution in [0.15, 0.2) is 42.5 Å². The van der Waals surface area contributed by atoms with Crippen LogP contribution in [0.3, 0.4) is 0 Å². The summed E-state index contributed by atoms with van der Waals surface area (Å²) in [5, 5.41) is 0. The predicted molar refractivity (Wildman–Crippen MR) is 84.8 cm³/mol. The van der Waals surface area contributed by atoms with Gasteiger partial charge in [0.05, 0.1) is 17.5 Å². The first-order chi connectivity index (χ1) is 10.7. The standard InChI is InChI=1S/C16H17F2NO3S/c1-11(2)22-16-8-7-14(9-15(16)18)19-23(20,21)10-12-3-5-13(17)6-4-12/h3-9,11,19H,10H2,1-2H3. The van der Waals surface area contributed by atoms with Crippen LogP contribution in [-0.4, -0.2) is 14.5 Å². The van der Waals surface area contributed by atoms with Crippen molar-refractivity contribution in [3.05, 3.63) is 59.7 Å². The summed E-state index contributed by atoms with van der Waals surface area (Å²) < 4.78 is 58.4. The molecule has 0 saturated heterocycles. The maximum atomic E-state index is 13.9. The molecule has 0 fully saturated rings. The Morgan fingerprint density at radius 2 is 1.74 bits per heavy atom. The minimum Gasteiger partial charge on any atom is -0.488 e. The van der Waals surface area contributed by atoms with Crippen LogP contribution in [0, 0.1) is 11.6 Å². The molecule has 2 aromatic rings. The molecule has 0 heterocycles. The maximum Gasteiger partial charge on any atom is 0.236 e. The molecule has 0 aliphatic rings. The molecule has 4 nitrogen and oxygen atoms in total. The molecule has 7 heteroatoms. The fourth-order valence-corrected chi connectivity index (χ4v) is 3.12. The van der Waals surface area contributed by atoms with Crippen LogP contribution < -0.4 is 9.46 Å². The zero-order valence-electron chi connectivity index (χ0n) is 12.7. The van der Waals surface area contributed by atoms with Gasteiger partial charge in [-0.1, -0.05) is 12.1 Å². The number of nitrogens with one attached hydrogen (secondary N) is 1. The Balaban J connectivity index is 2.11. The Morgan fingerprint density at radius 1 is 1.09 bits per heavy atom. The van der Waals surface area contributed by atoms with Gasteiger partial charge in [-0.15, -0.1) is 0 Å². The lowest BCUT2D eigenvalue weighted by molar-refractivity contribution is 0.231. The molecule has 0 amide bonds. The van der Waals surface area contributed by atoms with Gasteiger partial charge in [0.25, 0.3) is 0 Å². The van der Waals surface area contributed by atoms with Crippen LogP contribution in [0.25, 0.3) is 0 Å². The summed E-state index contributed by atoms with van der Waals surface area (Å²) in [4.78, 5) is 0. The topological polar surface area (TPSA) is 55.4 Å². The third-order valence-electron chi connectivity index (χ3n) is 2.84. The zero-order valence-corrected chi connectivity index (χ0v) is 13.5. The molecule has 2 rings (SSSR count). The maximum absolute atomic E-state index is 13.9. The molecule has 0 aliphatic carbocycles. The van der Waals surface area contributed by atoms with Gasteiger partial charge in [-0.25, -0.2) is 17.2 Å². The van der Waals surface area contributed by atoms with Crippen molar-refractivity contribution in [2.24, 2.45) is 0 Å². The number of rotatable bonds is 6. The normalized spacial score (nSPS) is 11.5. The molecule has 23 heavy (non-hydrogen) atoms. The minimum atomic E-state index is -3.73. The van der Waals surface area contributed by atoms with E-state index in [9.17, 15) is 17.2 Å². The van der Waals surface area contributed by atoms with Gasteiger partial charge < -0.3 is 4.74 Å². The van der Waals surface area contributed by atoms with Crippen molar-refractivity contribution < 1.29 is 21.9 Å². The highest BCUT2D eigenvalue weighted by atomic mass is 32.2. The van der Waals surface area contributed by atoms with Crippen molar-refractivity contribution in [1.29, 1.82) is 0 Å². The van der Waals surface area contributed by atoms with Crippen LogP contribution in [0.2, 0.25) is 0 Å². The van der Waals surface area contributed by atoms with Gasteiger partial charge in [0, 0.05) is 6.07 Å². The van der Waals surface area contributed by atoms with Gasteiger partial charge in [0.2, 0.25) is 10.0 Å². The first kappa shape index (κ1) is 17.2. The molecule has 0 atom stereocenters. The van der Waals surface area contributed by atoms with Crippen molar-refractivity contribution in [2.45, 2.75) is 25.7 Å². The molecular formula is C16H17F2NO3S. The van der Waals surface area contributed by atoms with E-state index < -0.39 is 21.7 Å². The first-order valence-corrected chi connectivity index (χ1v) is 8.61. The average molecular weight is 341 g/mol. The van der Waals surface area contributed by atoms with E-state index in [0.29, 0.717) is 5.56 Å². The molecule has 124 valence electrons. The van der Waals surface area contributed by atoms with E-state index in [1.807, 2.05) is 0 Å². The van der Waals surface area contributed by atoms with Gasteiger partial charge in [-0.2, -0.15) is 0 Å². The molecule has 1 N–H and O–H groups in total. The van der Waals surface area contributed by atoms with E-state index >= 15 is 0 Å². The Kier molecular flexibility index (Phi) is 5.20. The summed E-state index contributed by atoms with van der Waals surface area (Å²) in [7, 11) is -3.73. The Morgan fingerprint density at radius 3 is 2.30 bits per heavy atom. The second-order valence-electron chi connectivity index (χ2n) is 5.30. The molecule has 0 saturated carbocycles. The van der Waals surface area contributed by atoms with E-state index in [4.69, 9.17) is 4.74 Å². The van der Waals surface area contributed by atoms with Crippen molar-refractivity contribution in [3.8, 4) is 5.75 Å². The number of ether oxygens (including phenoxy) is 1. The SMILES string of the molecule is CC(C)Oc1ccc(NS(=O)(=O)Cc2ccc(F)cc2)cc1F. The van der Waals surface area contributed by atoms with Crippen LogP contribution in [0.4, 0.5) is 14.5 Å². The predicted octanol–water partition coefficient (Wildman–Crippen LogP) is 3.69. The highest BCUT2D eigenvalue weighted by Gasteiger charge is 2.14. The third-order valence-corrected chi connectivity index (χ3v) is 4.10. The minimum absolute atomic E-state index is 0.0569. The van der Waals surface area contributed by atoms with E-state index in [0.717, 1.165) is 6.07 Å². The summed E-state index contributed by atoms with van der Waals surface area (Å²) in [6.07, 6.45) is -0.189. The molecular weight excluding hydrogens is 324 g/mol. The number of anilines is 1. The monoisotopic (exact) mass is 341 g/mol. The summed E-state index contributed by atoms with van der Waals surface area (Å²) in [5.74, 6) is -1.37. The van der Waals surface area contributed by atoms with Crippen LogP contribution >= 0.6 is 0 Å². The van der Waals surface area contributed by atoms with E-state index in [2.05, 4.69) is 4.72 Å². The highest BCUT2D eigenvalue weighted by molar-refractivity contribution is 7.91. The van der Waals surface area contributed by atoms with Crippen LogP contribution in [-0.2, 0) is 15.8 Å². The summed E-state index contributed by atoms with van der Waals surface area (Å²) in [6.45, 7) is 3.53. The number of benzene rings is 2. The third kappa shape index (κ3) is 5.21. The quantitative estimate of drug-likeness (QED) is 0.872. The smallest absolute Gasteiger partial charge is 0.236 e. The fraction of sp³-hybridized carbons (Fsp3) is 0.250. The fourth-order valence-electron chi connectivity index (χ4n) is 1.93. The van der Waals surface area contributed by atoms with Crippen molar-refractivity contribution in [2.75, 3.05) is 4.72 Å². The molecule has 0 spiro atoms. The zero-order chi connectivity index (χ0) is 17.0. The molecule has 0 radical (unpaired) electrons. The summed E-state index contributed by atoms with van der Waals surface area (Å²) in [5.41, 5.74) is 0.528. The lowest BCUT2D eigenvalue weighted by Gasteiger charge is -2.12. The van der Waals surface area contributed by atoms with E-state index in [1.54, 1.807) is 13.8 Å². The van der Waals surface area contributed by atoms with Crippen molar-refractivity contribution >= 4 is 15.7 Å². The Labute approximate surface area is 134 Å². The molecule has 0 bridgehead atoms. The van der Waals surface area contributed by atoms with Crippen LogP contribution in [0.1, 0.15) is 19.4 Å². The highest BCUT2D eigenvalue weighted by Crippen LogP contribution is 2.23. The second kappa shape index (κ2) is 6.95.